The molecule has 2 saturated heterocycles. The second-order valence-corrected chi connectivity index (χ2v) is 8.24. The number of nitrogens with one attached hydrogen (secondary N) is 1. The van der Waals surface area contributed by atoms with E-state index in [1.54, 1.807) is 0 Å². The molecular weight excluding hydrogens is 338 g/mol. The van der Waals surface area contributed by atoms with E-state index in [0.717, 1.165) is 45.1 Å². The van der Waals surface area contributed by atoms with Crippen LogP contribution in [-0.2, 0) is 9.53 Å². The van der Waals surface area contributed by atoms with Crippen molar-refractivity contribution in [1.82, 2.24) is 15.1 Å². The van der Waals surface area contributed by atoms with E-state index in [2.05, 4.69) is 40.5 Å². The maximum Gasteiger partial charge on any atom is 0.222 e. The molecule has 1 saturated carbocycles. The van der Waals surface area contributed by atoms with Gasteiger partial charge in [0.25, 0.3) is 0 Å². The third-order valence-corrected chi connectivity index (χ3v) is 6.28. The lowest BCUT2D eigenvalue weighted by molar-refractivity contribution is -0.135. The lowest BCUT2D eigenvalue weighted by atomic mass is 10.0. The molecule has 2 aliphatic heterocycles. The zero-order valence-corrected chi connectivity index (χ0v) is 16.3. The van der Waals surface area contributed by atoms with Crippen LogP contribution in [0, 0.1) is 0 Å². The van der Waals surface area contributed by atoms with Crippen LogP contribution in [0.15, 0.2) is 30.3 Å². The first-order chi connectivity index (χ1) is 13.3. The lowest BCUT2D eigenvalue weighted by Crippen LogP contribution is -2.44. The second-order valence-electron chi connectivity index (χ2n) is 8.24. The molecule has 1 aromatic carbocycles. The lowest BCUT2D eigenvalue weighted by Gasteiger charge is -2.33. The number of nitrogens with zero attached hydrogens (tertiary/aromatic N) is 2. The Morgan fingerprint density at radius 1 is 1.07 bits per heavy atom. The topological polar surface area (TPSA) is 44.8 Å². The minimum Gasteiger partial charge on any atom is -0.378 e. The molecule has 1 aromatic rings. The van der Waals surface area contributed by atoms with Gasteiger partial charge in [-0.2, -0.15) is 0 Å². The van der Waals surface area contributed by atoms with Crippen LogP contribution in [0.3, 0.4) is 0 Å². The van der Waals surface area contributed by atoms with E-state index in [4.69, 9.17) is 4.74 Å². The minimum atomic E-state index is 0.301. The molecule has 2 heterocycles. The highest BCUT2D eigenvalue weighted by Gasteiger charge is 2.39. The number of amides is 1. The second kappa shape index (κ2) is 9.18. The van der Waals surface area contributed by atoms with E-state index in [1.807, 2.05) is 4.90 Å². The molecule has 1 aliphatic carbocycles. The van der Waals surface area contributed by atoms with Gasteiger partial charge in [-0.15, -0.1) is 0 Å². The van der Waals surface area contributed by atoms with Crippen molar-refractivity contribution < 1.29 is 9.53 Å². The summed E-state index contributed by atoms with van der Waals surface area (Å²) >= 11 is 0. The summed E-state index contributed by atoms with van der Waals surface area (Å²) in [6.07, 6.45) is 5.41. The van der Waals surface area contributed by atoms with Gasteiger partial charge < -0.3 is 19.9 Å². The Kier molecular flexibility index (Phi) is 6.43. The third kappa shape index (κ3) is 5.31. The molecule has 1 amide bonds. The normalized spacial score (nSPS) is 26.9. The van der Waals surface area contributed by atoms with Gasteiger partial charge in [-0.05, 0) is 50.9 Å². The smallest absolute Gasteiger partial charge is 0.222 e. The van der Waals surface area contributed by atoms with E-state index < -0.39 is 0 Å². The summed E-state index contributed by atoms with van der Waals surface area (Å²) < 4.78 is 5.31. The maximum absolute atomic E-state index is 12.2. The molecule has 27 heavy (non-hydrogen) atoms. The number of ether oxygens (including phenoxy) is 1. The Labute approximate surface area is 163 Å². The fourth-order valence-electron chi connectivity index (χ4n) is 4.50. The van der Waals surface area contributed by atoms with Crippen molar-refractivity contribution in [1.29, 1.82) is 0 Å². The quantitative estimate of drug-likeness (QED) is 0.798. The zero-order chi connectivity index (χ0) is 18.5. The third-order valence-electron chi connectivity index (χ3n) is 6.28. The van der Waals surface area contributed by atoms with Crippen molar-refractivity contribution in [2.75, 3.05) is 45.9 Å². The van der Waals surface area contributed by atoms with E-state index in [9.17, 15) is 4.79 Å². The Hall–Kier alpha value is -1.43. The first kappa shape index (κ1) is 18.9. The molecule has 148 valence electrons. The Morgan fingerprint density at radius 2 is 1.81 bits per heavy atom. The Bertz CT molecular complexity index is 595. The molecule has 4 rings (SSSR count). The Morgan fingerprint density at radius 3 is 2.56 bits per heavy atom. The monoisotopic (exact) mass is 371 g/mol. The molecule has 3 fully saturated rings. The van der Waals surface area contributed by atoms with Crippen LogP contribution in [-0.4, -0.2) is 73.7 Å². The number of hydrogen-bond donors (Lipinski definition) is 1. The summed E-state index contributed by atoms with van der Waals surface area (Å²) in [5, 5.41) is 3.88. The van der Waals surface area contributed by atoms with Crippen molar-refractivity contribution in [3.8, 4) is 0 Å². The van der Waals surface area contributed by atoms with Crippen LogP contribution < -0.4 is 5.32 Å². The van der Waals surface area contributed by atoms with Gasteiger partial charge in [0.05, 0.1) is 13.2 Å². The van der Waals surface area contributed by atoms with E-state index >= 15 is 0 Å². The number of piperidine rings is 1. The average Bonchev–Trinajstić information content (AvgIpc) is 3.50. The van der Waals surface area contributed by atoms with Crippen LogP contribution in [0.1, 0.15) is 43.6 Å². The number of morpholine rings is 1. The van der Waals surface area contributed by atoms with Crippen molar-refractivity contribution >= 4 is 5.91 Å². The van der Waals surface area contributed by atoms with Crippen molar-refractivity contribution in [3.05, 3.63) is 35.9 Å². The van der Waals surface area contributed by atoms with Gasteiger partial charge in [0.15, 0.2) is 0 Å². The average molecular weight is 372 g/mol. The maximum atomic E-state index is 12.2. The molecule has 0 aromatic heterocycles. The van der Waals surface area contributed by atoms with Crippen molar-refractivity contribution in [3.63, 3.8) is 0 Å². The van der Waals surface area contributed by atoms with Gasteiger partial charge in [0, 0.05) is 37.5 Å². The highest BCUT2D eigenvalue weighted by Crippen LogP contribution is 2.41. The highest BCUT2D eigenvalue weighted by molar-refractivity contribution is 5.76. The number of rotatable bonds is 7. The van der Waals surface area contributed by atoms with Crippen molar-refractivity contribution in [2.24, 2.45) is 0 Å². The first-order valence-electron chi connectivity index (χ1n) is 10.7. The minimum absolute atomic E-state index is 0.301. The summed E-state index contributed by atoms with van der Waals surface area (Å²) in [5.41, 5.74) is 1.48. The molecule has 1 N–H and O–H groups in total. The number of carbonyl (C=O) groups is 1. The SMILES string of the molecule is O=C(CCCN1CCC(N[C@@H]2C[C@H]2c2ccccc2)CC1)N1CCOCC1. The summed E-state index contributed by atoms with van der Waals surface area (Å²) in [6, 6.07) is 12.2. The van der Waals surface area contributed by atoms with Crippen LogP contribution in [0.4, 0.5) is 0 Å². The molecule has 0 unspecified atom stereocenters. The van der Waals surface area contributed by atoms with Gasteiger partial charge in [-0.1, -0.05) is 30.3 Å². The van der Waals surface area contributed by atoms with Gasteiger partial charge in [-0.25, -0.2) is 0 Å². The largest absolute Gasteiger partial charge is 0.378 e. The molecular formula is C22H33N3O2. The number of likely N-dealkylation sites (tertiary alicyclic amines) is 1. The van der Waals surface area contributed by atoms with Crippen LogP contribution >= 0.6 is 0 Å². The molecule has 3 aliphatic rings. The van der Waals surface area contributed by atoms with Gasteiger partial charge in [-0.3, -0.25) is 4.79 Å². The molecule has 5 nitrogen and oxygen atoms in total. The van der Waals surface area contributed by atoms with Crippen LogP contribution in [0.5, 0.6) is 0 Å². The summed E-state index contributed by atoms with van der Waals surface area (Å²) in [5.74, 6) is 1.02. The van der Waals surface area contributed by atoms with Gasteiger partial charge in [0.1, 0.15) is 0 Å². The molecule has 0 radical (unpaired) electrons. The van der Waals surface area contributed by atoms with Crippen LogP contribution in [0.2, 0.25) is 0 Å². The summed E-state index contributed by atoms with van der Waals surface area (Å²) in [4.78, 5) is 16.7. The van der Waals surface area contributed by atoms with Crippen molar-refractivity contribution in [2.45, 2.75) is 50.1 Å². The van der Waals surface area contributed by atoms with E-state index in [1.165, 1.54) is 24.8 Å². The summed E-state index contributed by atoms with van der Waals surface area (Å²) in [6.45, 7) is 6.29. The fraction of sp³-hybridized carbons (Fsp3) is 0.682. The number of hydrogen-bond acceptors (Lipinski definition) is 4. The fourth-order valence-corrected chi connectivity index (χ4v) is 4.50. The molecule has 2 atom stereocenters. The zero-order valence-electron chi connectivity index (χ0n) is 16.3. The first-order valence-corrected chi connectivity index (χ1v) is 10.7. The molecule has 5 heteroatoms. The summed E-state index contributed by atoms with van der Waals surface area (Å²) in [7, 11) is 0. The van der Waals surface area contributed by atoms with E-state index in [-0.39, 0.29) is 0 Å². The predicted octanol–water partition coefficient (Wildman–Crippen LogP) is 2.24. The van der Waals surface area contributed by atoms with Crippen LogP contribution in [0.25, 0.3) is 0 Å². The standard InChI is InChI=1S/C22H33N3O2/c26-22(25-13-15-27-16-14-25)7-4-10-24-11-8-19(9-12-24)23-21-17-20(21)18-5-2-1-3-6-18/h1-3,5-6,19-21,23H,4,7-17H2/t20-,21+/m0/s1. The number of carbonyl (C=O) groups excluding carboxylic acids is 1. The molecule has 0 bridgehead atoms. The predicted molar refractivity (Wildman–Crippen MR) is 107 cm³/mol. The Balaban J connectivity index is 1.09. The van der Waals surface area contributed by atoms with Gasteiger partial charge >= 0.3 is 0 Å². The van der Waals surface area contributed by atoms with Gasteiger partial charge in [0.2, 0.25) is 5.91 Å². The highest BCUT2D eigenvalue weighted by atomic mass is 16.5. The number of benzene rings is 1. The van der Waals surface area contributed by atoms with E-state index in [0.29, 0.717) is 37.6 Å². The molecule has 0 spiro atoms.